The summed E-state index contributed by atoms with van der Waals surface area (Å²) in [6, 6.07) is 14.5. The monoisotopic (exact) mass is 304 g/mol. The average molecular weight is 305 g/mol. The Kier molecular flexibility index (Phi) is 5.72. The van der Waals surface area contributed by atoms with Crippen LogP contribution in [-0.4, -0.2) is 18.0 Å². The minimum atomic E-state index is -0.381. The fraction of sp³-hybridized carbons (Fsp3) is 0.250. The molecule has 0 saturated heterocycles. The molecular weight excluding hydrogens is 288 g/mol. The molecule has 0 unspecified atom stereocenters. The number of benzene rings is 2. The van der Waals surface area contributed by atoms with Gasteiger partial charge >= 0.3 is 0 Å². The summed E-state index contributed by atoms with van der Waals surface area (Å²) >= 11 is 5.84. The summed E-state index contributed by atoms with van der Waals surface area (Å²) in [5.74, 6) is 0. The first-order valence-electron chi connectivity index (χ1n) is 6.83. The van der Waals surface area contributed by atoms with Gasteiger partial charge < -0.3 is 5.32 Å². The van der Waals surface area contributed by atoms with E-state index in [0.29, 0.717) is 0 Å². The zero-order chi connectivity index (χ0) is 15.1. The lowest BCUT2D eigenvalue weighted by molar-refractivity contribution is -0.384. The summed E-state index contributed by atoms with van der Waals surface area (Å²) in [6.07, 6.45) is 1.82. The van der Waals surface area contributed by atoms with Gasteiger partial charge in [0.1, 0.15) is 0 Å². The lowest BCUT2D eigenvalue weighted by atomic mass is 10.1. The van der Waals surface area contributed by atoms with Crippen LogP contribution in [0.1, 0.15) is 11.1 Å². The third-order valence-corrected chi connectivity index (χ3v) is 3.49. The third-order valence-electron chi connectivity index (χ3n) is 3.24. The van der Waals surface area contributed by atoms with E-state index in [1.54, 1.807) is 24.3 Å². The molecule has 2 aromatic carbocycles. The Hall–Kier alpha value is -1.91. The fourth-order valence-electron chi connectivity index (χ4n) is 2.03. The maximum atomic E-state index is 10.6. The molecule has 0 aliphatic carbocycles. The minimum absolute atomic E-state index is 0.134. The Labute approximate surface area is 128 Å². The van der Waals surface area contributed by atoms with Crippen molar-refractivity contribution in [3.8, 4) is 0 Å². The van der Waals surface area contributed by atoms with Crippen molar-refractivity contribution >= 4 is 17.3 Å². The van der Waals surface area contributed by atoms with Crippen LogP contribution in [0.2, 0.25) is 5.02 Å². The van der Waals surface area contributed by atoms with Crippen LogP contribution < -0.4 is 5.32 Å². The number of hydrogen-bond acceptors (Lipinski definition) is 3. The van der Waals surface area contributed by atoms with Crippen molar-refractivity contribution in [1.82, 2.24) is 5.32 Å². The van der Waals surface area contributed by atoms with Crippen LogP contribution in [0.3, 0.4) is 0 Å². The number of nitrogens with zero attached hydrogens (tertiary/aromatic N) is 1. The lowest BCUT2D eigenvalue weighted by Gasteiger charge is -2.05. The molecule has 0 aromatic heterocycles. The van der Waals surface area contributed by atoms with E-state index in [0.717, 1.165) is 36.5 Å². The predicted octanol–water partition coefficient (Wildman–Crippen LogP) is 3.62. The van der Waals surface area contributed by atoms with Crippen molar-refractivity contribution in [3.63, 3.8) is 0 Å². The van der Waals surface area contributed by atoms with E-state index in [1.165, 1.54) is 5.56 Å². The first-order chi connectivity index (χ1) is 10.1. The van der Waals surface area contributed by atoms with Crippen molar-refractivity contribution < 1.29 is 4.92 Å². The fourth-order valence-corrected chi connectivity index (χ4v) is 2.15. The molecule has 0 aliphatic heterocycles. The maximum Gasteiger partial charge on any atom is 0.269 e. The van der Waals surface area contributed by atoms with E-state index in [-0.39, 0.29) is 10.6 Å². The van der Waals surface area contributed by atoms with Crippen molar-refractivity contribution in [1.29, 1.82) is 0 Å². The molecule has 0 radical (unpaired) electrons. The van der Waals surface area contributed by atoms with E-state index < -0.39 is 0 Å². The van der Waals surface area contributed by atoms with Gasteiger partial charge in [-0.25, -0.2) is 0 Å². The number of nitro benzene ring substituents is 1. The van der Waals surface area contributed by atoms with Crippen LogP contribution in [0.5, 0.6) is 0 Å². The van der Waals surface area contributed by atoms with Crippen LogP contribution in [0.4, 0.5) is 5.69 Å². The molecule has 0 atom stereocenters. The Morgan fingerprint density at radius 3 is 1.86 bits per heavy atom. The van der Waals surface area contributed by atoms with Gasteiger partial charge in [-0.2, -0.15) is 0 Å². The van der Waals surface area contributed by atoms with E-state index in [2.05, 4.69) is 5.32 Å². The number of rotatable bonds is 7. The molecule has 0 fully saturated rings. The summed E-state index contributed by atoms with van der Waals surface area (Å²) in [5.41, 5.74) is 2.48. The maximum absolute atomic E-state index is 10.6. The van der Waals surface area contributed by atoms with Crippen molar-refractivity contribution in [2.75, 3.05) is 13.1 Å². The molecule has 0 aliphatic rings. The molecule has 0 spiro atoms. The molecule has 5 heteroatoms. The summed E-state index contributed by atoms with van der Waals surface area (Å²) in [5, 5.41) is 14.7. The molecule has 0 bridgehead atoms. The van der Waals surface area contributed by atoms with Gasteiger partial charge in [0.05, 0.1) is 4.92 Å². The molecule has 0 heterocycles. The summed E-state index contributed by atoms with van der Waals surface area (Å²) in [6.45, 7) is 1.75. The van der Waals surface area contributed by atoms with E-state index in [1.807, 2.05) is 24.3 Å². The first kappa shape index (κ1) is 15.5. The highest BCUT2D eigenvalue weighted by Gasteiger charge is 2.03. The van der Waals surface area contributed by atoms with Crippen LogP contribution in [0.15, 0.2) is 48.5 Å². The van der Waals surface area contributed by atoms with Crippen LogP contribution in [-0.2, 0) is 12.8 Å². The highest BCUT2D eigenvalue weighted by atomic mass is 35.5. The smallest absolute Gasteiger partial charge is 0.269 e. The molecule has 2 aromatic rings. The Morgan fingerprint density at radius 1 is 0.905 bits per heavy atom. The van der Waals surface area contributed by atoms with Gasteiger partial charge in [-0.05, 0) is 49.2 Å². The van der Waals surface area contributed by atoms with Crippen molar-refractivity contribution in [3.05, 3.63) is 74.8 Å². The van der Waals surface area contributed by atoms with Crippen LogP contribution in [0, 0.1) is 10.1 Å². The normalized spacial score (nSPS) is 10.5. The first-order valence-corrected chi connectivity index (χ1v) is 7.21. The highest BCUT2D eigenvalue weighted by molar-refractivity contribution is 6.30. The number of non-ortho nitro benzene ring substituents is 1. The zero-order valence-electron chi connectivity index (χ0n) is 11.6. The van der Waals surface area contributed by atoms with Gasteiger partial charge in [-0.15, -0.1) is 0 Å². The Bertz CT molecular complexity index is 582. The largest absolute Gasteiger partial charge is 0.316 e. The molecule has 2 rings (SSSR count). The van der Waals surface area contributed by atoms with Crippen LogP contribution >= 0.6 is 11.6 Å². The number of halogens is 1. The van der Waals surface area contributed by atoms with E-state index in [4.69, 9.17) is 11.6 Å². The number of nitro groups is 1. The summed E-state index contributed by atoms with van der Waals surface area (Å²) in [4.78, 5) is 10.2. The second-order valence-electron chi connectivity index (χ2n) is 4.80. The van der Waals surface area contributed by atoms with Crippen molar-refractivity contribution in [2.45, 2.75) is 12.8 Å². The molecular formula is C16H17ClN2O2. The highest BCUT2D eigenvalue weighted by Crippen LogP contribution is 2.12. The van der Waals surface area contributed by atoms with Gasteiger partial charge in [0, 0.05) is 17.2 Å². The van der Waals surface area contributed by atoms with E-state index >= 15 is 0 Å². The molecule has 21 heavy (non-hydrogen) atoms. The van der Waals surface area contributed by atoms with Crippen molar-refractivity contribution in [2.24, 2.45) is 0 Å². The van der Waals surface area contributed by atoms with Gasteiger partial charge in [-0.1, -0.05) is 35.9 Å². The molecule has 4 nitrogen and oxygen atoms in total. The third kappa shape index (κ3) is 5.17. The SMILES string of the molecule is O=[N+]([O-])c1ccc(CCNCCc2ccc(Cl)cc2)cc1. The summed E-state index contributed by atoms with van der Waals surface area (Å²) < 4.78 is 0. The minimum Gasteiger partial charge on any atom is -0.316 e. The zero-order valence-corrected chi connectivity index (χ0v) is 12.3. The molecule has 1 N–H and O–H groups in total. The quantitative estimate of drug-likeness (QED) is 0.483. The van der Waals surface area contributed by atoms with Gasteiger partial charge in [0.15, 0.2) is 0 Å². The van der Waals surface area contributed by atoms with Gasteiger partial charge in [0.25, 0.3) is 5.69 Å². The van der Waals surface area contributed by atoms with Gasteiger partial charge in [0.2, 0.25) is 0 Å². The van der Waals surface area contributed by atoms with Gasteiger partial charge in [-0.3, -0.25) is 10.1 Å². The summed E-state index contributed by atoms with van der Waals surface area (Å²) in [7, 11) is 0. The standard InChI is InChI=1S/C16H17ClN2O2/c17-15-5-1-13(2-6-15)9-11-18-12-10-14-3-7-16(8-4-14)19(20)21/h1-8,18H,9-12H2. The number of hydrogen-bond donors (Lipinski definition) is 1. The topological polar surface area (TPSA) is 55.2 Å². The second kappa shape index (κ2) is 7.76. The number of nitrogens with one attached hydrogen (secondary N) is 1. The molecule has 0 saturated carbocycles. The second-order valence-corrected chi connectivity index (χ2v) is 5.24. The average Bonchev–Trinajstić information content (AvgIpc) is 2.49. The Morgan fingerprint density at radius 2 is 1.38 bits per heavy atom. The molecule has 110 valence electrons. The predicted molar refractivity (Wildman–Crippen MR) is 84.8 cm³/mol. The van der Waals surface area contributed by atoms with Crippen LogP contribution in [0.25, 0.3) is 0 Å². The van der Waals surface area contributed by atoms with E-state index in [9.17, 15) is 10.1 Å². The Balaban J connectivity index is 1.67. The lowest BCUT2D eigenvalue weighted by Crippen LogP contribution is -2.20. The molecule has 0 amide bonds.